The number of imide groups is 1. The van der Waals surface area contributed by atoms with Crippen molar-refractivity contribution in [3.8, 4) is 0 Å². The molecular formula is C15H18N2O4S. The summed E-state index contributed by atoms with van der Waals surface area (Å²) in [5.74, 6) is 0.303. The van der Waals surface area contributed by atoms with E-state index in [9.17, 15) is 9.59 Å². The van der Waals surface area contributed by atoms with Crippen LogP contribution in [0.1, 0.15) is 19.6 Å². The van der Waals surface area contributed by atoms with Gasteiger partial charge in [0, 0.05) is 19.2 Å². The maximum Gasteiger partial charge on any atom is 0.294 e. The lowest BCUT2D eigenvalue weighted by Gasteiger charge is -2.36. The molecule has 0 saturated carbocycles. The van der Waals surface area contributed by atoms with Crippen LogP contribution in [0.25, 0.3) is 6.08 Å². The summed E-state index contributed by atoms with van der Waals surface area (Å²) >= 11 is 0.951. The molecule has 0 spiro atoms. The second kappa shape index (κ2) is 6.28. The van der Waals surface area contributed by atoms with Gasteiger partial charge in [0.05, 0.1) is 30.0 Å². The van der Waals surface area contributed by atoms with Gasteiger partial charge in [-0.25, -0.2) is 0 Å². The molecule has 2 atom stereocenters. The molecule has 7 heteroatoms. The van der Waals surface area contributed by atoms with E-state index in [0.717, 1.165) is 11.8 Å². The van der Waals surface area contributed by atoms with Crippen molar-refractivity contribution >= 4 is 29.0 Å². The molecule has 3 heterocycles. The van der Waals surface area contributed by atoms with Crippen molar-refractivity contribution in [2.24, 2.45) is 0 Å². The summed E-state index contributed by atoms with van der Waals surface area (Å²) in [6.45, 7) is 5.71. The summed E-state index contributed by atoms with van der Waals surface area (Å²) in [6.07, 6.45) is 3.34. The van der Waals surface area contributed by atoms with E-state index < -0.39 is 0 Å². The van der Waals surface area contributed by atoms with Gasteiger partial charge in [0.15, 0.2) is 0 Å². The minimum atomic E-state index is -0.266. The Labute approximate surface area is 133 Å². The van der Waals surface area contributed by atoms with Crippen LogP contribution in [-0.4, -0.2) is 52.9 Å². The summed E-state index contributed by atoms with van der Waals surface area (Å²) in [4.78, 5) is 28.2. The molecule has 22 heavy (non-hydrogen) atoms. The predicted molar refractivity (Wildman–Crippen MR) is 83.0 cm³/mol. The summed E-state index contributed by atoms with van der Waals surface area (Å²) < 4.78 is 10.9. The van der Waals surface area contributed by atoms with Crippen LogP contribution in [0.15, 0.2) is 27.7 Å². The number of furan rings is 1. The number of thioether (sulfide) groups is 1. The number of amides is 2. The topological polar surface area (TPSA) is 63.0 Å². The van der Waals surface area contributed by atoms with Gasteiger partial charge >= 0.3 is 0 Å². The van der Waals surface area contributed by atoms with Crippen LogP contribution >= 0.6 is 11.8 Å². The maximum atomic E-state index is 12.4. The van der Waals surface area contributed by atoms with E-state index in [2.05, 4.69) is 4.90 Å². The van der Waals surface area contributed by atoms with E-state index in [4.69, 9.17) is 9.15 Å². The first-order valence-corrected chi connectivity index (χ1v) is 8.01. The highest BCUT2D eigenvalue weighted by atomic mass is 32.2. The fraction of sp³-hybridized carbons (Fsp3) is 0.467. The molecule has 2 saturated heterocycles. The van der Waals surface area contributed by atoms with Crippen molar-refractivity contribution in [1.29, 1.82) is 0 Å². The number of carbonyl (C=O) groups is 2. The minimum Gasteiger partial charge on any atom is -0.465 e. The highest BCUT2D eigenvalue weighted by molar-refractivity contribution is 8.18. The van der Waals surface area contributed by atoms with E-state index in [-0.39, 0.29) is 23.4 Å². The number of nitrogens with zero attached hydrogens (tertiary/aromatic N) is 2. The van der Waals surface area contributed by atoms with Crippen LogP contribution in [0.3, 0.4) is 0 Å². The van der Waals surface area contributed by atoms with Gasteiger partial charge in [0.25, 0.3) is 11.1 Å². The van der Waals surface area contributed by atoms with E-state index in [0.29, 0.717) is 30.4 Å². The van der Waals surface area contributed by atoms with Gasteiger partial charge in [-0.2, -0.15) is 0 Å². The third-order valence-electron chi connectivity index (χ3n) is 3.53. The third-order valence-corrected chi connectivity index (χ3v) is 4.43. The lowest BCUT2D eigenvalue weighted by Crippen LogP contribution is -2.50. The van der Waals surface area contributed by atoms with E-state index in [1.165, 1.54) is 11.2 Å². The van der Waals surface area contributed by atoms with Crippen LogP contribution in [-0.2, 0) is 9.53 Å². The van der Waals surface area contributed by atoms with Crippen LogP contribution in [0.2, 0.25) is 0 Å². The number of hydrogen-bond acceptors (Lipinski definition) is 6. The van der Waals surface area contributed by atoms with E-state index >= 15 is 0 Å². The molecule has 118 valence electrons. The molecule has 1 aromatic heterocycles. The average molecular weight is 322 g/mol. The van der Waals surface area contributed by atoms with Gasteiger partial charge < -0.3 is 9.15 Å². The van der Waals surface area contributed by atoms with Gasteiger partial charge in [-0.3, -0.25) is 19.4 Å². The van der Waals surface area contributed by atoms with Crippen molar-refractivity contribution in [3.05, 3.63) is 29.1 Å². The molecule has 1 aromatic rings. The SMILES string of the molecule is C[C@H]1CN(CN2C(=O)S/C(=C\c3ccco3)C2=O)C[C@H](C)O1. The van der Waals surface area contributed by atoms with Crippen LogP contribution in [0, 0.1) is 0 Å². The molecule has 0 bridgehead atoms. The maximum absolute atomic E-state index is 12.4. The monoisotopic (exact) mass is 322 g/mol. The Kier molecular flexibility index (Phi) is 4.37. The van der Waals surface area contributed by atoms with Crippen LogP contribution in [0.5, 0.6) is 0 Å². The lowest BCUT2D eigenvalue weighted by molar-refractivity contribution is -0.127. The standard InChI is InChI=1S/C15H18N2O4S/c1-10-7-16(8-11(2)21-10)9-17-14(18)13(22-15(17)19)6-12-4-3-5-20-12/h3-6,10-11H,7-9H2,1-2H3/b13-6-/t10-,11-/m0/s1. The molecule has 3 rings (SSSR count). The number of rotatable bonds is 3. The Morgan fingerprint density at radius 3 is 2.68 bits per heavy atom. The summed E-state index contributed by atoms with van der Waals surface area (Å²) in [5, 5.41) is -0.241. The van der Waals surface area contributed by atoms with Crippen LogP contribution < -0.4 is 0 Å². The quantitative estimate of drug-likeness (QED) is 0.796. The van der Waals surface area contributed by atoms with Crippen LogP contribution in [0.4, 0.5) is 4.79 Å². The molecular weight excluding hydrogens is 304 g/mol. The molecule has 0 aromatic carbocycles. The van der Waals surface area contributed by atoms with Crippen molar-refractivity contribution in [2.45, 2.75) is 26.1 Å². The summed E-state index contributed by atoms with van der Waals surface area (Å²) in [6, 6.07) is 3.49. The molecule has 2 amide bonds. The van der Waals surface area contributed by atoms with Crippen molar-refractivity contribution in [3.63, 3.8) is 0 Å². The Bertz CT molecular complexity index is 589. The molecule has 0 unspecified atom stereocenters. The smallest absolute Gasteiger partial charge is 0.294 e. The fourth-order valence-electron chi connectivity index (χ4n) is 2.72. The number of ether oxygens (including phenoxy) is 1. The van der Waals surface area contributed by atoms with Gasteiger partial charge in [0.2, 0.25) is 0 Å². The number of carbonyl (C=O) groups excluding carboxylic acids is 2. The molecule has 2 aliphatic heterocycles. The van der Waals surface area contributed by atoms with Gasteiger partial charge in [-0.15, -0.1) is 0 Å². The highest BCUT2D eigenvalue weighted by Crippen LogP contribution is 2.32. The summed E-state index contributed by atoms with van der Waals surface area (Å²) in [7, 11) is 0. The van der Waals surface area contributed by atoms with Crippen molar-refractivity contribution in [2.75, 3.05) is 19.8 Å². The molecule has 6 nitrogen and oxygen atoms in total. The zero-order chi connectivity index (χ0) is 15.7. The van der Waals surface area contributed by atoms with E-state index in [1.807, 2.05) is 13.8 Å². The zero-order valence-corrected chi connectivity index (χ0v) is 13.3. The molecule has 2 aliphatic rings. The Morgan fingerprint density at radius 1 is 1.32 bits per heavy atom. The molecule has 2 fully saturated rings. The zero-order valence-electron chi connectivity index (χ0n) is 12.5. The molecule has 0 aliphatic carbocycles. The normalized spacial score (nSPS) is 28.8. The van der Waals surface area contributed by atoms with Gasteiger partial charge in [0.1, 0.15) is 5.76 Å². The second-order valence-corrected chi connectivity index (χ2v) is 6.55. The number of hydrogen-bond donors (Lipinski definition) is 0. The third kappa shape index (κ3) is 3.26. The predicted octanol–water partition coefficient (Wildman–Crippen LogP) is 2.38. The number of morpholine rings is 1. The minimum absolute atomic E-state index is 0.0994. The average Bonchev–Trinajstić information content (AvgIpc) is 3.03. The largest absolute Gasteiger partial charge is 0.465 e. The van der Waals surface area contributed by atoms with Gasteiger partial charge in [-0.05, 0) is 37.7 Å². The lowest BCUT2D eigenvalue weighted by atomic mass is 10.2. The highest BCUT2D eigenvalue weighted by Gasteiger charge is 2.37. The van der Waals surface area contributed by atoms with E-state index in [1.54, 1.807) is 18.2 Å². The summed E-state index contributed by atoms with van der Waals surface area (Å²) in [5.41, 5.74) is 0. The Balaban J connectivity index is 1.69. The van der Waals surface area contributed by atoms with Crippen molar-refractivity contribution < 1.29 is 18.7 Å². The molecule has 0 N–H and O–H groups in total. The van der Waals surface area contributed by atoms with Gasteiger partial charge in [-0.1, -0.05) is 0 Å². The van der Waals surface area contributed by atoms with Crippen molar-refractivity contribution in [1.82, 2.24) is 9.80 Å². The first kappa shape index (κ1) is 15.3. The Morgan fingerprint density at radius 2 is 2.05 bits per heavy atom. The molecule has 0 radical (unpaired) electrons. The Hall–Kier alpha value is -1.57. The fourth-order valence-corrected chi connectivity index (χ4v) is 3.54. The first-order chi connectivity index (χ1) is 10.5. The first-order valence-electron chi connectivity index (χ1n) is 7.19. The second-order valence-electron chi connectivity index (χ2n) is 5.56.